The molecule has 116 valence electrons. The van der Waals surface area contributed by atoms with E-state index >= 15 is 0 Å². The Morgan fingerprint density at radius 3 is 2.57 bits per heavy atom. The summed E-state index contributed by atoms with van der Waals surface area (Å²) in [6.07, 6.45) is -2.27. The van der Waals surface area contributed by atoms with Crippen molar-refractivity contribution in [2.75, 3.05) is 12.9 Å². The Morgan fingerprint density at radius 1 is 1.48 bits per heavy atom. The van der Waals surface area contributed by atoms with Crippen molar-refractivity contribution < 1.29 is 24.7 Å². The van der Waals surface area contributed by atoms with Crippen molar-refractivity contribution in [1.82, 2.24) is 0 Å². The van der Waals surface area contributed by atoms with Crippen LogP contribution in [0.4, 0.5) is 5.69 Å². The number of aliphatic hydroxyl groups excluding tert-OH is 2. The minimum absolute atomic E-state index is 0.0150. The largest absolute Gasteiger partial charge is 0.465 e. The van der Waals surface area contributed by atoms with E-state index in [1.165, 1.54) is 6.92 Å². The lowest BCUT2D eigenvalue weighted by Crippen LogP contribution is -2.21. The molecule has 0 spiro atoms. The van der Waals surface area contributed by atoms with Crippen LogP contribution in [0.25, 0.3) is 0 Å². The van der Waals surface area contributed by atoms with Crippen molar-refractivity contribution in [3.8, 4) is 0 Å². The summed E-state index contributed by atoms with van der Waals surface area (Å²) in [5, 5.41) is 30.9. The molecule has 0 saturated carbocycles. The number of rotatable bonds is 6. The first-order chi connectivity index (χ1) is 9.83. The fraction of sp³-hybridized carbons (Fsp3) is 0.462. The van der Waals surface area contributed by atoms with E-state index in [4.69, 9.17) is 0 Å². The molecule has 2 unspecified atom stereocenters. The number of carbonyl (C=O) groups excluding carboxylic acids is 1. The molecule has 0 aliphatic rings. The van der Waals surface area contributed by atoms with Crippen LogP contribution < -0.4 is 0 Å². The molecule has 21 heavy (non-hydrogen) atoms. The SMILES string of the molecule is COC(=O)c1cc([N+](=O)[O-])cc(C(O)C(O)CCS)c1C. The number of thiol groups is 1. The molecule has 1 aromatic rings. The Hall–Kier alpha value is -1.64. The number of nitro groups is 1. The zero-order valence-electron chi connectivity index (χ0n) is 11.6. The predicted octanol–water partition coefficient (Wildman–Crippen LogP) is 1.40. The van der Waals surface area contributed by atoms with E-state index in [-0.39, 0.29) is 23.2 Å². The van der Waals surface area contributed by atoms with Crippen LogP contribution in [0.3, 0.4) is 0 Å². The normalized spacial score (nSPS) is 13.6. The third-order valence-corrected chi connectivity index (χ3v) is 3.41. The molecule has 0 heterocycles. The monoisotopic (exact) mass is 315 g/mol. The molecule has 0 fully saturated rings. The number of nitrogens with zero attached hydrogens (tertiary/aromatic N) is 1. The fourth-order valence-electron chi connectivity index (χ4n) is 1.95. The maximum Gasteiger partial charge on any atom is 0.338 e. The zero-order chi connectivity index (χ0) is 16.2. The van der Waals surface area contributed by atoms with Gasteiger partial charge in [0.1, 0.15) is 6.10 Å². The van der Waals surface area contributed by atoms with Gasteiger partial charge >= 0.3 is 5.97 Å². The van der Waals surface area contributed by atoms with E-state index < -0.39 is 23.1 Å². The summed E-state index contributed by atoms with van der Waals surface area (Å²) in [6.45, 7) is 1.53. The Bertz CT molecular complexity index is 548. The van der Waals surface area contributed by atoms with Gasteiger partial charge in [-0.15, -0.1) is 0 Å². The van der Waals surface area contributed by atoms with Gasteiger partial charge in [-0.3, -0.25) is 10.1 Å². The highest BCUT2D eigenvalue weighted by molar-refractivity contribution is 7.80. The van der Waals surface area contributed by atoms with Crippen molar-refractivity contribution in [3.05, 3.63) is 38.9 Å². The summed E-state index contributed by atoms with van der Waals surface area (Å²) in [7, 11) is 1.16. The molecule has 0 bridgehead atoms. The second kappa shape index (κ2) is 7.39. The van der Waals surface area contributed by atoms with Gasteiger partial charge in [-0.1, -0.05) is 0 Å². The number of benzene rings is 1. The number of carbonyl (C=O) groups is 1. The highest BCUT2D eigenvalue weighted by Gasteiger charge is 2.26. The van der Waals surface area contributed by atoms with E-state index in [2.05, 4.69) is 17.4 Å². The number of hydrogen-bond donors (Lipinski definition) is 3. The van der Waals surface area contributed by atoms with Gasteiger partial charge in [-0.05, 0) is 30.2 Å². The van der Waals surface area contributed by atoms with Gasteiger partial charge < -0.3 is 14.9 Å². The first-order valence-corrected chi connectivity index (χ1v) is 6.81. The summed E-state index contributed by atoms with van der Waals surface area (Å²) in [5.41, 5.74) is 0.0870. The number of aliphatic hydroxyl groups is 2. The molecule has 0 amide bonds. The predicted molar refractivity (Wildman–Crippen MR) is 78.6 cm³/mol. The van der Waals surface area contributed by atoms with Crippen LogP contribution in [-0.2, 0) is 4.74 Å². The minimum Gasteiger partial charge on any atom is -0.465 e. The molecule has 7 nitrogen and oxygen atoms in total. The third kappa shape index (κ3) is 3.93. The summed E-state index contributed by atoms with van der Waals surface area (Å²) in [4.78, 5) is 21.9. The van der Waals surface area contributed by atoms with Crippen LogP contribution >= 0.6 is 12.6 Å². The molecule has 0 aromatic heterocycles. The van der Waals surface area contributed by atoms with Gasteiger partial charge in [-0.2, -0.15) is 12.6 Å². The molecule has 0 saturated heterocycles. The van der Waals surface area contributed by atoms with Crippen molar-refractivity contribution in [2.45, 2.75) is 25.6 Å². The lowest BCUT2D eigenvalue weighted by Gasteiger charge is -2.20. The van der Waals surface area contributed by atoms with E-state index in [0.717, 1.165) is 19.2 Å². The number of hydrogen-bond acceptors (Lipinski definition) is 7. The number of non-ortho nitro benzene ring substituents is 1. The summed E-state index contributed by atoms with van der Waals surface area (Å²) < 4.78 is 4.58. The molecule has 1 aromatic carbocycles. The number of methoxy groups -OCH3 is 1. The highest BCUT2D eigenvalue weighted by atomic mass is 32.1. The lowest BCUT2D eigenvalue weighted by atomic mass is 9.94. The number of nitro benzene ring substituents is 1. The molecule has 0 radical (unpaired) electrons. The maximum atomic E-state index is 11.7. The second-order valence-corrected chi connectivity index (χ2v) is 4.93. The molecule has 2 N–H and O–H groups in total. The van der Waals surface area contributed by atoms with Crippen LogP contribution in [0.1, 0.15) is 34.0 Å². The summed E-state index contributed by atoms with van der Waals surface area (Å²) in [6, 6.07) is 2.23. The van der Waals surface area contributed by atoms with E-state index in [1.807, 2.05) is 0 Å². The Balaban J connectivity index is 3.39. The van der Waals surface area contributed by atoms with Crippen LogP contribution in [0, 0.1) is 17.0 Å². The minimum atomic E-state index is -1.35. The van der Waals surface area contributed by atoms with Crippen molar-refractivity contribution in [2.24, 2.45) is 0 Å². The lowest BCUT2D eigenvalue weighted by molar-refractivity contribution is -0.385. The van der Waals surface area contributed by atoms with Gasteiger partial charge in [0.15, 0.2) is 0 Å². The number of esters is 1. The van der Waals surface area contributed by atoms with Gasteiger partial charge in [0.25, 0.3) is 5.69 Å². The van der Waals surface area contributed by atoms with Gasteiger partial charge in [0.2, 0.25) is 0 Å². The van der Waals surface area contributed by atoms with E-state index in [1.54, 1.807) is 0 Å². The van der Waals surface area contributed by atoms with Crippen molar-refractivity contribution >= 4 is 24.3 Å². The molecule has 1 rings (SSSR count). The van der Waals surface area contributed by atoms with E-state index in [9.17, 15) is 25.1 Å². The Morgan fingerprint density at radius 2 is 2.10 bits per heavy atom. The smallest absolute Gasteiger partial charge is 0.338 e. The van der Waals surface area contributed by atoms with Crippen LogP contribution in [0.15, 0.2) is 12.1 Å². The number of ether oxygens (including phenoxy) is 1. The average molecular weight is 315 g/mol. The topological polar surface area (TPSA) is 110 Å². The third-order valence-electron chi connectivity index (χ3n) is 3.16. The van der Waals surface area contributed by atoms with Crippen LogP contribution in [0.5, 0.6) is 0 Å². The quantitative estimate of drug-likeness (QED) is 0.317. The molecular formula is C13H17NO6S. The molecule has 2 atom stereocenters. The molecule has 0 aliphatic heterocycles. The average Bonchev–Trinajstić information content (AvgIpc) is 2.45. The van der Waals surface area contributed by atoms with Gasteiger partial charge in [0.05, 0.1) is 23.7 Å². The Labute approximate surface area is 127 Å². The van der Waals surface area contributed by atoms with Crippen molar-refractivity contribution in [1.29, 1.82) is 0 Å². The highest BCUT2D eigenvalue weighted by Crippen LogP contribution is 2.30. The molecule has 0 aliphatic carbocycles. The fourth-order valence-corrected chi connectivity index (χ4v) is 2.22. The maximum absolute atomic E-state index is 11.7. The zero-order valence-corrected chi connectivity index (χ0v) is 12.5. The van der Waals surface area contributed by atoms with Crippen molar-refractivity contribution in [3.63, 3.8) is 0 Å². The van der Waals surface area contributed by atoms with Crippen LogP contribution in [0.2, 0.25) is 0 Å². The van der Waals surface area contributed by atoms with Gasteiger partial charge in [0, 0.05) is 12.1 Å². The first-order valence-electron chi connectivity index (χ1n) is 6.17. The summed E-state index contributed by atoms with van der Waals surface area (Å²) >= 11 is 3.96. The summed E-state index contributed by atoms with van der Waals surface area (Å²) in [5.74, 6) is -0.399. The standard InChI is InChI=1S/C13H17NO6S/c1-7-9(12(16)11(15)3-4-21)5-8(14(18)19)6-10(7)13(17)20-2/h5-6,11-12,15-16,21H,3-4H2,1-2H3. The van der Waals surface area contributed by atoms with Crippen LogP contribution in [-0.4, -0.2) is 40.1 Å². The van der Waals surface area contributed by atoms with Gasteiger partial charge in [-0.25, -0.2) is 4.79 Å². The second-order valence-electron chi connectivity index (χ2n) is 4.48. The first kappa shape index (κ1) is 17.4. The van der Waals surface area contributed by atoms with E-state index in [0.29, 0.717) is 11.3 Å². The Kier molecular flexibility index (Phi) is 6.13. The molecule has 8 heteroatoms. The molecular weight excluding hydrogens is 298 g/mol.